The number of aliphatic hydroxyl groups is 1. The van der Waals surface area contributed by atoms with E-state index in [-0.39, 0.29) is 19.1 Å². The average Bonchev–Trinajstić information content (AvgIpc) is 3.06. The van der Waals surface area contributed by atoms with Crippen molar-refractivity contribution in [3.63, 3.8) is 0 Å². The Morgan fingerprint density at radius 2 is 1.22 bits per heavy atom. The van der Waals surface area contributed by atoms with Crippen LogP contribution in [-0.4, -0.2) is 68.5 Å². The van der Waals surface area contributed by atoms with Crippen molar-refractivity contribution in [2.45, 2.75) is 167 Å². The largest absolute Gasteiger partial charge is 0.756 e. The third-order valence-corrected chi connectivity index (χ3v) is 9.51. The third kappa shape index (κ3) is 34.9. The molecule has 0 saturated heterocycles. The second kappa shape index (κ2) is 33.3. The van der Waals surface area contributed by atoms with Crippen LogP contribution in [0.4, 0.5) is 0 Å². The number of quaternary nitrogens is 1. The van der Waals surface area contributed by atoms with E-state index in [2.05, 4.69) is 55.6 Å². The van der Waals surface area contributed by atoms with Crippen molar-refractivity contribution >= 4 is 13.7 Å². The second-order valence-corrected chi connectivity index (χ2v) is 16.0. The standard InChI is InChI=1S/C41H77N2O6P/c1-6-8-10-12-14-16-18-20-21-23-25-27-29-31-33-35-41(45)42-39(38-49-50(46,47)48-37-36-43(3,4)5)40(44)34-32-30-28-26-24-22-19-17-15-13-11-9-7-2/h8,10,14,16,20-21,32,34,39-40,44H,6-7,9,11-13,15,17-19,22-31,33,35-38H2,1-5H3,(H-,42,45,46,47)/b10-8-,16-14-,21-20-,34-32+. The molecule has 0 saturated carbocycles. The van der Waals surface area contributed by atoms with Crippen molar-refractivity contribution in [3.05, 3.63) is 48.6 Å². The maximum Gasteiger partial charge on any atom is 0.268 e. The van der Waals surface area contributed by atoms with Crippen LogP contribution in [0.15, 0.2) is 48.6 Å². The summed E-state index contributed by atoms with van der Waals surface area (Å²) in [6, 6.07) is -0.894. The molecule has 0 aromatic carbocycles. The highest BCUT2D eigenvalue weighted by Crippen LogP contribution is 2.38. The van der Waals surface area contributed by atoms with Crippen molar-refractivity contribution in [1.29, 1.82) is 0 Å². The SMILES string of the molecule is CC/C=C\C/C=C\C/C=C\CCCCCCCC(=O)NC(COP(=O)([O-])OCC[N+](C)(C)C)C(O)/C=C/CCCCCCCCCCCCC. The summed E-state index contributed by atoms with van der Waals surface area (Å²) in [6.45, 7) is 4.49. The molecule has 0 bridgehead atoms. The van der Waals surface area contributed by atoms with Crippen LogP contribution in [0.2, 0.25) is 0 Å². The summed E-state index contributed by atoms with van der Waals surface area (Å²) < 4.78 is 23.1. The van der Waals surface area contributed by atoms with Gasteiger partial charge in [-0.3, -0.25) is 9.36 Å². The maximum absolute atomic E-state index is 12.8. The van der Waals surface area contributed by atoms with Crippen LogP contribution in [0.25, 0.3) is 0 Å². The van der Waals surface area contributed by atoms with Gasteiger partial charge in [-0.15, -0.1) is 0 Å². The highest BCUT2D eigenvalue weighted by molar-refractivity contribution is 7.45. The number of nitrogens with one attached hydrogen (secondary N) is 1. The molecule has 0 spiro atoms. The van der Waals surface area contributed by atoms with Gasteiger partial charge in [-0.2, -0.15) is 0 Å². The lowest BCUT2D eigenvalue weighted by molar-refractivity contribution is -0.870. The summed E-state index contributed by atoms with van der Waals surface area (Å²) >= 11 is 0. The first kappa shape index (κ1) is 48.5. The van der Waals surface area contributed by atoms with Crippen LogP contribution in [0.1, 0.15) is 155 Å². The summed E-state index contributed by atoms with van der Waals surface area (Å²) in [5.74, 6) is -0.218. The number of unbranched alkanes of at least 4 members (excludes halogenated alkanes) is 16. The predicted octanol–water partition coefficient (Wildman–Crippen LogP) is 9.89. The Bertz CT molecular complexity index is 959. The molecule has 1 amide bonds. The van der Waals surface area contributed by atoms with E-state index >= 15 is 0 Å². The number of hydrogen-bond donors (Lipinski definition) is 2. The number of carbonyl (C=O) groups excluding carboxylic acids is 1. The fraction of sp³-hybridized carbons (Fsp3) is 0.780. The van der Waals surface area contributed by atoms with Crippen LogP contribution < -0.4 is 10.2 Å². The van der Waals surface area contributed by atoms with Crippen molar-refractivity contribution in [1.82, 2.24) is 5.32 Å². The molecular weight excluding hydrogens is 647 g/mol. The van der Waals surface area contributed by atoms with E-state index in [1.807, 2.05) is 27.2 Å². The van der Waals surface area contributed by atoms with Gasteiger partial charge in [0.25, 0.3) is 7.82 Å². The number of likely N-dealkylation sites (N-methyl/N-ethyl adjacent to an activating group) is 1. The van der Waals surface area contributed by atoms with Gasteiger partial charge in [0, 0.05) is 6.42 Å². The first-order chi connectivity index (χ1) is 24.0. The van der Waals surface area contributed by atoms with Crippen molar-refractivity contribution < 1.29 is 32.9 Å². The fourth-order valence-corrected chi connectivity index (χ4v) is 6.06. The molecule has 0 aromatic rings. The molecule has 3 unspecified atom stereocenters. The monoisotopic (exact) mass is 725 g/mol. The number of phosphoric acid groups is 1. The van der Waals surface area contributed by atoms with Crippen LogP contribution in [-0.2, 0) is 18.4 Å². The molecule has 0 radical (unpaired) electrons. The first-order valence-electron chi connectivity index (χ1n) is 20.0. The molecule has 292 valence electrons. The minimum atomic E-state index is -4.59. The highest BCUT2D eigenvalue weighted by Gasteiger charge is 2.23. The van der Waals surface area contributed by atoms with E-state index in [0.717, 1.165) is 77.0 Å². The van der Waals surface area contributed by atoms with Crippen LogP contribution in [0.3, 0.4) is 0 Å². The molecule has 8 nitrogen and oxygen atoms in total. The van der Waals surface area contributed by atoms with Gasteiger partial charge in [0.1, 0.15) is 13.2 Å². The van der Waals surface area contributed by atoms with Crippen LogP contribution in [0.5, 0.6) is 0 Å². The predicted molar refractivity (Wildman–Crippen MR) is 210 cm³/mol. The number of carbonyl (C=O) groups is 1. The molecular formula is C41H77N2O6P. The number of allylic oxidation sites excluding steroid dienone is 7. The van der Waals surface area contributed by atoms with E-state index in [0.29, 0.717) is 17.4 Å². The van der Waals surface area contributed by atoms with Gasteiger partial charge in [0.2, 0.25) is 5.91 Å². The quantitative estimate of drug-likeness (QED) is 0.0292. The summed E-state index contributed by atoms with van der Waals surface area (Å²) in [6.07, 6.45) is 40.0. The summed E-state index contributed by atoms with van der Waals surface area (Å²) in [7, 11) is 1.24. The lowest BCUT2D eigenvalue weighted by Gasteiger charge is -2.29. The molecule has 0 aromatic heterocycles. The molecule has 9 heteroatoms. The molecule has 0 aliphatic heterocycles. The lowest BCUT2D eigenvalue weighted by Crippen LogP contribution is -2.45. The number of rotatable bonds is 35. The first-order valence-corrected chi connectivity index (χ1v) is 21.5. The summed E-state index contributed by atoms with van der Waals surface area (Å²) in [5, 5.41) is 13.7. The topological polar surface area (TPSA) is 108 Å². The Hall–Kier alpha value is -1.54. The number of amides is 1. The summed E-state index contributed by atoms with van der Waals surface area (Å²) in [4.78, 5) is 25.2. The molecule has 0 rings (SSSR count). The summed E-state index contributed by atoms with van der Waals surface area (Å²) in [5.41, 5.74) is 0. The minimum Gasteiger partial charge on any atom is -0.756 e. The Balaban J connectivity index is 4.55. The lowest BCUT2D eigenvalue weighted by atomic mass is 10.0. The van der Waals surface area contributed by atoms with Crippen molar-refractivity contribution in [2.75, 3.05) is 40.9 Å². The maximum atomic E-state index is 12.8. The smallest absolute Gasteiger partial charge is 0.268 e. The van der Waals surface area contributed by atoms with Gasteiger partial charge in [-0.1, -0.05) is 146 Å². The fourth-order valence-electron chi connectivity index (χ4n) is 5.34. The molecule has 0 aliphatic carbocycles. The third-order valence-electron chi connectivity index (χ3n) is 8.54. The normalized spacial score (nSPS) is 15.1. The number of aliphatic hydroxyl groups excluding tert-OH is 1. The van der Waals surface area contributed by atoms with Gasteiger partial charge < -0.3 is 28.8 Å². The number of nitrogens with zero attached hydrogens (tertiary/aromatic N) is 1. The van der Waals surface area contributed by atoms with Crippen molar-refractivity contribution in [3.8, 4) is 0 Å². The number of phosphoric ester groups is 1. The molecule has 0 heterocycles. The number of hydrogen-bond acceptors (Lipinski definition) is 6. The van der Waals surface area contributed by atoms with Gasteiger partial charge in [-0.25, -0.2) is 0 Å². The van der Waals surface area contributed by atoms with Gasteiger partial charge >= 0.3 is 0 Å². The zero-order valence-electron chi connectivity index (χ0n) is 32.8. The second-order valence-electron chi connectivity index (χ2n) is 14.6. The van der Waals surface area contributed by atoms with E-state index in [9.17, 15) is 19.4 Å². The Labute approximate surface area is 308 Å². The van der Waals surface area contributed by atoms with E-state index < -0.39 is 20.0 Å². The van der Waals surface area contributed by atoms with Crippen LogP contribution in [0, 0.1) is 0 Å². The van der Waals surface area contributed by atoms with Crippen LogP contribution >= 0.6 is 7.82 Å². The Kier molecular flexibility index (Phi) is 32.3. The van der Waals surface area contributed by atoms with E-state index in [4.69, 9.17) is 9.05 Å². The minimum absolute atomic E-state index is 0.00640. The molecule has 0 aliphatic rings. The highest BCUT2D eigenvalue weighted by atomic mass is 31.2. The molecule has 3 atom stereocenters. The molecule has 0 fully saturated rings. The van der Waals surface area contributed by atoms with Gasteiger partial charge in [0.05, 0.1) is 39.9 Å². The zero-order chi connectivity index (χ0) is 37.2. The van der Waals surface area contributed by atoms with Gasteiger partial charge in [-0.05, 0) is 51.4 Å². The molecule has 50 heavy (non-hydrogen) atoms. The molecule has 2 N–H and O–H groups in total. The van der Waals surface area contributed by atoms with E-state index in [1.165, 1.54) is 57.8 Å². The van der Waals surface area contributed by atoms with E-state index in [1.54, 1.807) is 6.08 Å². The Morgan fingerprint density at radius 1 is 0.720 bits per heavy atom. The van der Waals surface area contributed by atoms with Crippen molar-refractivity contribution in [2.24, 2.45) is 0 Å². The van der Waals surface area contributed by atoms with Gasteiger partial charge in [0.15, 0.2) is 0 Å². The average molecular weight is 725 g/mol. The zero-order valence-corrected chi connectivity index (χ0v) is 33.7. The Morgan fingerprint density at radius 3 is 1.78 bits per heavy atom.